The van der Waals surface area contributed by atoms with Crippen LogP contribution in [0.2, 0.25) is 0 Å². The molecule has 1 unspecified atom stereocenters. The van der Waals surface area contributed by atoms with Crippen LogP contribution in [-0.4, -0.2) is 38.3 Å². The van der Waals surface area contributed by atoms with Gasteiger partial charge in [0.15, 0.2) is 5.65 Å². The maximum absolute atomic E-state index is 13.7. The second kappa shape index (κ2) is 12.5. The Hall–Kier alpha value is -4.66. The lowest BCUT2D eigenvalue weighted by Crippen LogP contribution is -2.42. The summed E-state index contributed by atoms with van der Waals surface area (Å²) in [6.07, 6.45) is 6.80. The molecule has 0 bridgehead atoms. The topological polar surface area (TPSA) is 125 Å². The zero-order chi connectivity index (χ0) is 29.8. The van der Waals surface area contributed by atoms with Gasteiger partial charge < -0.3 is 21.1 Å². The zero-order valence-corrected chi connectivity index (χ0v) is 24.2. The Morgan fingerprint density at radius 2 is 1.67 bits per heavy atom. The van der Waals surface area contributed by atoms with Crippen molar-refractivity contribution in [3.05, 3.63) is 77.5 Å². The van der Waals surface area contributed by atoms with Crippen LogP contribution in [0.3, 0.4) is 0 Å². The molecule has 1 aliphatic carbocycles. The summed E-state index contributed by atoms with van der Waals surface area (Å²) in [4.78, 5) is 42.0. The average molecular weight is 568 g/mol. The maximum atomic E-state index is 13.7. The molecule has 1 atom stereocenters. The van der Waals surface area contributed by atoms with Gasteiger partial charge in [0.1, 0.15) is 11.5 Å². The lowest BCUT2D eigenvalue weighted by atomic mass is 9.82. The third-order valence-electron chi connectivity index (χ3n) is 8.03. The molecule has 5 rings (SSSR count). The van der Waals surface area contributed by atoms with E-state index in [-0.39, 0.29) is 24.2 Å². The first-order valence-corrected chi connectivity index (χ1v) is 14.5. The summed E-state index contributed by atoms with van der Waals surface area (Å²) >= 11 is 0. The summed E-state index contributed by atoms with van der Waals surface area (Å²) in [6.45, 7) is 5.53. The van der Waals surface area contributed by atoms with Gasteiger partial charge in [-0.05, 0) is 68.0 Å². The minimum atomic E-state index is -0.921. The highest BCUT2D eigenvalue weighted by molar-refractivity contribution is 6.01. The van der Waals surface area contributed by atoms with E-state index in [4.69, 9.17) is 4.98 Å². The number of anilines is 3. The number of carbonyl (C=O) groups is 3. The summed E-state index contributed by atoms with van der Waals surface area (Å²) in [7, 11) is 0. The van der Waals surface area contributed by atoms with Crippen molar-refractivity contribution in [1.29, 1.82) is 0 Å². The van der Waals surface area contributed by atoms with Crippen LogP contribution in [0.15, 0.2) is 60.8 Å². The van der Waals surface area contributed by atoms with Gasteiger partial charge in [-0.2, -0.15) is 0 Å². The number of aryl methyl sites for hydroxylation is 2. The van der Waals surface area contributed by atoms with Gasteiger partial charge in [0, 0.05) is 36.1 Å². The molecule has 218 valence electrons. The van der Waals surface area contributed by atoms with Gasteiger partial charge in [-0.3, -0.25) is 18.8 Å². The minimum absolute atomic E-state index is 0.112. The van der Waals surface area contributed by atoms with Gasteiger partial charge in [0.05, 0.1) is 12.0 Å². The molecule has 4 N–H and O–H groups in total. The minimum Gasteiger partial charge on any atom is -0.481 e. The van der Waals surface area contributed by atoms with Crippen molar-refractivity contribution < 1.29 is 19.5 Å². The largest absolute Gasteiger partial charge is 0.481 e. The molecule has 2 aromatic heterocycles. The Morgan fingerprint density at radius 1 is 0.976 bits per heavy atom. The van der Waals surface area contributed by atoms with E-state index in [2.05, 4.69) is 16.0 Å². The summed E-state index contributed by atoms with van der Waals surface area (Å²) in [5.41, 5.74) is 6.03. The summed E-state index contributed by atoms with van der Waals surface area (Å²) in [5, 5.41) is 19.0. The Morgan fingerprint density at radius 3 is 2.31 bits per heavy atom. The van der Waals surface area contributed by atoms with E-state index in [0.717, 1.165) is 54.5 Å². The number of aromatic nitrogens is 2. The number of hydrogen-bond acceptors (Lipinski definition) is 5. The normalized spacial score (nSPS) is 14.4. The second-order valence-electron chi connectivity index (χ2n) is 11.2. The SMILES string of the molecule is CC(=O)Nc1ccc(-c2nc3c(C(=O)NC(CC(=O)O)C4CCCCC4)cccn3c2Nc2c(C)cccc2C)cc1. The first-order chi connectivity index (χ1) is 20.2. The van der Waals surface area contributed by atoms with Crippen LogP contribution in [0.5, 0.6) is 0 Å². The fraction of sp³-hybridized carbons (Fsp3) is 0.333. The van der Waals surface area contributed by atoms with Crippen molar-refractivity contribution in [1.82, 2.24) is 14.7 Å². The van der Waals surface area contributed by atoms with Gasteiger partial charge >= 0.3 is 5.97 Å². The molecule has 4 aromatic rings. The predicted molar refractivity (Wildman–Crippen MR) is 164 cm³/mol. The van der Waals surface area contributed by atoms with Crippen LogP contribution in [0, 0.1) is 19.8 Å². The number of rotatable bonds is 9. The number of nitrogens with zero attached hydrogens (tertiary/aromatic N) is 2. The third kappa shape index (κ3) is 6.30. The van der Waals surface area contributed by atoms with Crippen LogP contribution < -0.4 is 16.0 Å². The number of pyridine rings is 1. The number of carboxylic acids is 1. The Bertz CT molecular complexity index is 1600. The smallest absolute Gasteiger partial charge is 0.305 e. The molecule has 1 saturated carbocycles. The van der Waals surface area contributed by atoms with Crippen LogP contribution >= 0.6 is 0 Å². The Kier molecular flexibility index (Phi) is 8.56. The number of carboxylic acid groups (broad SMARTS) is 1. The van der Waals surface area contributed by atoms with E-state index in [1.165, 1.54) is 6.92 Å². The average Bonchev–Trinajstić information content (AvgIpc) is 3.33. The molecular formula is C33H37N5O4. The molecule has 0 spiro atoms. The first-order valence-electron chi connectivity index (χ1n) is 14.5. The van der Waals surface area contributed by atoms with Crippen LogP contribution in [0.1, 0.15) is 66.9 Å². The van der Waals surface area contributed by atoms with Crippen LogP contribution in [-0.2, 0) is 9.59 Å². The standard InChI is InChI=1S/C33H37N5O4/c1-20-9-7-10-21(2)29(20)36-32-30(24-14-16-25(17-15-24)34-22(3)39)37-31-26(13-8-18-38(31)32)33(42)35-27(19-28(40)41)23-11-5-4-6-12-23/h7-10,13-18,23,27,36H,4-6,11-12,19H2,1-3H3,(H,34,39)(H,35,42)(H,40,41). The fourth-order valence-electron chi connectivity index (χ4n) is 5.92. The number of para-hydroxylation sites is 1. The van der Waals surface area contributed by atoms with E-state index in [9.17, 15) is 19.5 Å². The quantitative estimate of drug-likeness (QED) is 0.184. The molecule has 1 fully saturated rings. The number of amides is 2. The highest BCUT2D eigenvalue weighted by atomic mass is 16.4. The summed E-state index contributed by atoms with van der Waals surface area (Å²) < 4.78 is 1.87. The van der Waals surface area contributed by atoms with Crippen LogP contribution in [0.4, 0.5) is 17.2 Å². The van der Waals surface area contributed by atoms with Gasteiger partial charge in [0.25, 0.3) is 5.91 Å². The van der Waals surface area contributed by atoms with Crippen molar-refractivity contribution in [2.24, 2.45) is 5.92 Å². The van der Waals surface area contributed by atoms with E-state index >= 15 is 0 Å². The van der Waals surface area contributed by atoms with Gasteiger partial charge in [-0.1, -0.05) is 49.6 Å². The van der Waals surface area contributed by atoms with Crippen molar-refractivity contribution in [2.75, 3.05) is 10.6 Å². The predicted octanol–water partition coefficient (Wildman–Crippen LogP) is 6.47. The Labute approximate surface area is 245 Å². The fourth-order valence-corrected chi connectivity index (χ4v) is 5.92. The number of hydrogen-bond donors (Lipinski definition) is 4. The van der Waals surface area contributed by atoms with Crippen molar-refractivity contribution >= 4 is 40.6 Å². The van der Waals surface area contributed by atoms with E-state index in [1.54, 1.807) is 12.1 Å². The number of imidazole rings is 1. The van der Waals surface area contributed by atoms with Crippen molar-refractivity contribution in [3.8, 4) is 11.3 Å². The van der Waals surface area contributed by atoms with Gasteiger partial charge in [-0.25, -0.2) is 4.98 Å². The Balaban J connectivity index is 1.58. The maximum Gasteiger partial charge on any atom is 0.305 e. The molecule has 2 heterocycles. The molecule has 2 amide bonds. The molecule has 1 aliphatic rings. The highest BCUT2D eigenvalue weighted by Gasteiger charge is 2.29. The van der Waals surface area contributed by atoms with Crippen molar-refractivity contribution in [2.45, 2.75) is 65.3 Å². The molecule has 2 aromatic carbocycles. The molecular weight excluding hydrogens is 530 g/mol. The van der Waals surface area contributed by atoms with Gasteiger partial charge in [-0.15, -0.1) is 0 Å². The van der Waals surface area contributed by atoms with Crippen LogP contribution in [0.25, 0.3) is 16.9 Å². The summed E-state index contributed by atoms with van der Waals surface area (Å²) in [6, 6.07) is 16.6. The zero-order valence-electron chi connectivity index (χ0n) is 24.2. The second-order valence-corrected chi connectivity index (χ2v) is 11.2. The summed E-state index contributed by atoms with van der Waals surface area (Å²) in [5.74, 6) is -0.586. The molecule has 0 saturated heterocycles. The lowest BCUT2D eigenvalue weighted by molar-refractivity contribution is -0.137. The van der Waals surface area contributed by atoms with E-state index < -0.39 is 12.0 Å². The molecule has 9 heteroatoms. The number of fused-ring (bicyclic) bond motifs is 1. The molecule has 0 aliphatic heterocycles. The molecule has 0 radical (unpaired) electrons. The number of aliphatic carboxylic acids is 1. The third-order valence-corrected chi connectivity index (χ3v) is 8.03. The van der Waals surface area contributed by atoms with Gasteiger partial charge in [0.2, 0.25) is 5.91 Å². The van der Waals surface area contributed by atoms with E-state index in [1.807, 2.05) is 66.9 Å². The highest BCUT2D eigenvalue weighted by Crippen LogP contribution is 2.35. The molecule has 42 heavy (non-hydrogen) atoms. The lowest BCUT2D eigenvalue weighted by Gasteiger charge is -2.30. The number of benzene rings is 2. The first kappa shape index (κ1) is 28.9. The monoisotopic (exact) mass is 567 g/mol. The number of carbonyl (C=O) groups excluding carboxylic acids is 2. The van der Waals surface area contributed by atoms with Crippen molar-refractivity contribution in [3.63, 3.8) is 0 Å². The molecule has 9 nitrogen and oxygen atoms in total. The van der Waals surface area contributed by atoms with E-state index in [0.29, 0.717) is 28.4 Å². The number of nitrogens with one attached hydrogen (secondary N) is 3.